The first-order valence-corrected chi connectivity index (χ1v) is 4.37. The van der Waals surface area contributed by atoms with Gasteiger partial charge >= 0.3 is 0 Å². The van der Waals surface area contributed by atoms with Crippen molar-refractivity contribution in [1.82, 2.24) is 0 Å². The molecule has 0 spiro atoms. The number of para-hydroxylation sites is 1. The summed E-state index contributed by atoms with van der Waals surface area (Å²) < 4.78 is 5.71. The second-order valence-electron chi connectivity index (χ2n) is 3.67. The van der Waals surface area contributed by atoms with Crippen molar-refractivity contribution in [3.63, 3.8) is 0 Å². The molecule has 2 heteroatoms. The molecule has 1 atom stereocenters. The van der Waals surface area contributed by atoms with Crippen molar-refractivity contribution in [2.45, 2.75) is 25.4 Å². The highest BCUT2D eigenvalue weighted by atomic mass is 16.5. The number of ether oxygens (including phenoxy) is 1. The van der Waals surface area contributed by atoms with Crippen LogP contribution < -0.4 is 4.74 Å². The summed E-state index contributed by atoms with van der Waals surface area (Å²) in [4.78, 5) is 0. The monoisotopic (exact) mass is 173 g/mol. The lowest BCUT2D eigenvalue weighted by molar-refractivity contribution is 0.122. The molecule has 1 heterocycles. The van der Waals surface area contributed by atoms with Crippen molar-refractivity contribution >= 4 is 0 Å². The Hall–Kier alpha value is -1.49. The Labute approximate surface area is 77.8 Å². The summed E-state index contributed by atoms with van der Waals surface area (Å²) in [6.45, 7) is 1.98. The van der Waals surface area contributed by atoms with E-state index in [-0.39, 0.29) is 5.60 Å². The molecule has 0 radical (unpaired) electrons. The molecular weight excluding hydrogens is 162 g/mol. The van der Waals surface area contributed by atoms with Crippen LogP contribution in [0.25, 0.3) is 0 Å². The number of fused-ring (bicyclic) bond motifs is 1. The highest BCUT2D eigenvalue weighted by molar-refractivity contribution is 5.39. The fourth-order valence-electron chi connectivity index (χ4n) is 1.72. The van der Waals surface area contributed by atoms with Crippen molar-refractivity contribution in [1.29, 1.82) is 5.26 Å². The van der Waals surface area contributed by atoms with Gasteiger partial charge in [0.25, 0.3) is 0 Å². The van der Waals surface area contributed by atoms with E-state index in [4.69, 9.17) is 10.00 Å². The van der Waals surface area contributed by atoms with E-state index in [1.54, 1.807) is 0 Å². The van der Waals surface area contributed by atoms with Crippen LogP contribution in [0.3, 0.4) is 0 Å². The van der Waals surface area contributed by atoms with E-state index in [9.17, 15) is 0 Å². The fraction of sp³-hybridized carbons (Fsp3) is 0.364. The minimum atomic E-state index is -0.307. The van der Waals surface area contributed by atoms with Gasteiger partial charge in [-0.05, 0) is 18.6 Å². The third kappa shape index (κ3) is 1.38. The molecule has 1 aliphatic rings. The summed E-state index contributed by atoms with van der Waals surface area (Å²) in [6, 6.07) is 10.1. The third-order valence-electron chi connectivity index (χ3n) is 2.35. The van der Waals surface area contributed by atoms with Crippen LogP contribution >= 0.6 is 0 Å². The Kier molecular flexibility index (Phi) is 1.73. The van der Waals surface area contributed by atoms with Crippen molar-refractivity contribution < 1.29 is 4.74 Å². The van der Waals surface area contributed by atoms with E-state index in [0.717, 1.165) is 12.2 Å². The summed E-state index contributed by atoms with van der Waals surface area (Å²) in [5.74, 6) is 0.931. The minimum Gasteiger partial charge on any atom is -0.486 e. The molecule has 13 heavy (non-hydrogen) atoms. The first kappa shape index (κ1) is 8.12. The lowest BCUT2D eigenvalue weighted by Gasteiger charge is -2.19. The molecule has 0 unspecified atom stereocenters. The maximum atomic E-state index is 8.64. The number of hydrogen-bond donors (Lipinski definition) is 0. The highest BCUT2D eigenvalue weighted by Gasteiger charge is 2.34. The zero-order valence-corrected chi connectivity index (χ0v) is 7.58. The number of benzene rings is 1. The van der Waals surface area contributed by atoms with Crippen LogP contribution in [0, 0.1) is 11.3 Å². The molecular formula is C11H11NO. The maximum Gasteiger partial charge on any atom is 0.123 e. The standard InChI is InChI=1S/C11H11NO/c1-11(6-7-12)8-9-4-2-3-5-10(9)13-11/h2-5H,6,8H2,1H3/t11-/m1/s1. The Bertz CT molecular complexity index is 340. The first-order chi connectivity index (χ1) is 6.23. The van der Waals surface area contributed by atoms with Crippen LogP contribution in [0.4, 0.5) is 0 Å². The predicted octanol–water partition coefficient (Wildman–Crippen LogP) is 2.29. The summed E-state index contributed by atoms with van der Waals surface area (Å²) in [6.07, 6.45) is 1.29. The average Bonchev–Trinajstić information content (AvgIpc) is 2.40. The summed E-state index contributed by atoms with van der Waals surface area (Å²) in [5.41, 5.74) is 0.901. The molecule has 0 saturated heterocycles. The van der Waals surface area contributed by atoms with E-state index < -0.39 is 0 Å². The molecule has 0 amide bonds. The second kappa shape index (κ2) is 2.77. The zero-order chi connectivity index (χ0) is 9.31. The molecule has 66 valence electrons. The summed E-state index contributed by atoms with van der Waals surface area (Å²) >= 11 is 0. The van der Waals surface area contributed by atoms with E-state index in [1.807, 2.05) is 25.1 Å². The topological polar surface area (TPSA) is 33.0 Å². The molecule has 1 aromatic rings. The second-order valence-corrected chi connectivity index (χ2v) is 3.67. The van der Waals surface area contributed by atoms with Crippen LogP contribution in [0.1, 0.15) is 18.9 Å². The van der Waals surface area contributed by atoms with Gasteiger partial charge < -0.3 is 4.74 Å². The van der Waals surface area contributed by atoms with Crippen LogP contribution in [0.2, 0.25) is 0 Å². The van der Waals surface area contributed by atoms with Crippen molar-refractivity contribution in [3.8, 4) is 11.8 Å². The quantitative estimate of drug-likeness (QED) is 0.652. The predicted molar refractivity (Wildman–Crippen MR) is 49.4 cm³/mol. The fourth-order valence-corrected chi connectivity index (χ4v) is 1.72. The third-order valence-corrected chi connectivity index (χ3v) is 2.35. The van der Waals surface area contributed by atoms with Crippen LogP contribution in [-0.4, -0.2) is 5.60 Å². The lowest BCUT2D eigenvalue weighted by Crippen LogP contribution is -2.29. The molecule has 0 N–H and O–H groups in total. The number of nitriles is 1. The SMILES string of the molecule is C[C@@]1(CC#N)Cc2ccccc2O1. The maximum absolute atomic E-state index is 8.64. The number of rotatable bonds is 1. The van der Waals surface area contributed by atoms with Gasteiger partial charge in [-0.2, -0.15) is 5.26 Å². The molecule has 2 rings (SSSR count). The van der Waals surface area contributed by atoms with Gasteiger partial charge in [-0.1, -0.05) is 18.2 Å². The Morgan fingerprint density at radius 2 is 2.31 bits per heavy atom. The van der Waals surface area contributed by atoms with Gasteiger partial charge in [-0.25, -0.2) is 0 Å². The van der Waals surface area contributed by atoms with E-state index >= 15 is 0 Å². The summed E-state index contributed by atoms with van der Waals surface area (Å²) in [7, 11) is 0. The van der Waals surface area contributed by atoms with Crippen LogP contribution in [0.15, 0.2) is 24.3 Å². The largest absolute Gasteiger partial charge is 0.486 e. The van der Waals surface area contributed by atoms with Gasteiger partial charge in [-0.3, -0.25) is 0 Å². The van der Waals surface area contributed by atoms with Crippen molar-refractivity contribution in [2.24, 2.45) is 0 Å². The van der Waals surface area contributed by atoms with Gasteiger partial charge in [0.15, 0.2) is 0 Å². The molecule has 0 saturated carbocycles. The van der Waals surface area contributed by atoms with Crippen LogP contribution in [-0.2, 0) is 6.42 Å². The molecule has 0 aliphatic carbocycles. The normalized spacial score (nSPS) is 24.6. The van der Waals surface area contributed by atoms with E-state index in [2.05, 4.69) is 12.1 Å². The van der Waals surface area contributed by atoms with Gasteiger partial charge in [0.1, 0.15) is 11.4 Å². The van der Waals surface area contributed by atoms with Crippen LogP contribution in [0.5, 0.6) is 5.75 Å². The van der Waals surface area contributed by atoms with Gasteiger partial charge in [-0.15, -0.1) is 0 Å². The van der Waals surface area contributed by atoms with Gasteiger partial charge in [0.05, 0.1) is 12.5 Å². The van der Waals surface area contributed by atoms with Crippen molar-refractivity contribution in [3.05, 3.63) is 29.8 Å². The number of hydrogen-bond acceptors (Lipinski definition) is 2. The van der Waals surface area contributed by atoms with Crippen molar-refractivity contribution in [2.75, 3.05) is 0 Å². The Balaban J connectivity index is 2.27. The molecule has 2 nitrogen and oxygen atoms in total. The molecule has 0 aromatic heterocycles. The van der Waals surface area contributed by atoms with Gasteiger partial charge in [0, 0.05) is 6.42 Å². The van der Waals surface area contributed by atoms with Gasteiger partial charge in [0.2, 0.25) is 0 Å². The van der Waals surface area contributed by atoms with E-state index in [1.165, 1.54) is 5.56 Å². The summed E-state index contributed by atoms with van der Waals surface area (Å²) in [5, 5.41) is 8.64. The molecule has 0 fully saturated rings. The molecule has 1 aromatic carbocycles. The van der Waals surface area contributed by atoms with E-state index in [0.29, 0.717) is 6.42 Å². The average molecular weight is 173 g/mol. The molecule has 0 bridgehead atoms. The first-order valence-electron chi connectivity index (χ1n) is 4.37. The smallest absolute Gasteiger partial charge is 0.123 e. The highest BCUT2D eigenvalue weighted by Crippen LogP contribution is 2.36. The minimum absolute atomic E-state index is 0.307. The Morgan fingerprint density at radius 1 is 1.54 bits per heavy atom. The lowest BCUT2D eigenvalue weighted by atomic mass is 9.97. The zero-order valence-electron chi connectivity index (χ0n) is 7.58. The Morgan fingerprint density at radius 3 is 3.00 bits per heavy atom. The molecule has 1 aliphatic heterocycles. The number of nitrogens with zero attached hydrogens (tertiary/aromatic N) is 1.